The summed E-state index contributed by atoms with van der Waals surface area (Å²) in [5.74, 6) is 0. The molecule has 0 radical (unpaired) electrons. The fourth-order valence-corrected chi connectivity index (χ4v) is 3.17. The molecule has 0 saturated carbocycles. The van der Waals surface area contributed by atoms with Crippen LogP contribution in [-0.4, -0.2) is 42.1 Å². The number of pyridine rings is 1. The van der Waals surface area contributed by atoms with Crippen LogP contribution in [0.15, 0.2) is 18.3 Å². The fourth-order valence-electron chi connectivity index (χ4n) is 3.17. The molecule has 3 rings (SSSR count). The molecule has 0 aromatic carbocycles. The zero-order chi connectivity index (χ0) is 12.4. The van der Waals surface area contributed by atoms with Crippen LogP contribution in [0, 0.1) is 0 Å². The quantitative estimate of drug-likeness (QED) is 0.852. The van der Waals surface area contributed by atoms with E-state index in [-0.39, 0.29) is 0 Å². The van der Waals surface area contributed by atoms with Crippen molar-refractivity contribution in [2.75, 3.05) is 31.1 Å². The van der Waals surface area contributed by atoms with Crippen LogP contribution in [0.4, 0.5) is 5.69 Å². The van der Waals surface area contributed by atoms with E-state index < -0.39 is 0 Å². The maximum Gasteiger partial charge on any atom is 0.0553 e. The van der Waals surface area contributed by atoms with Gasteiger partial charge in [-0.25, -0.2) is 0 Å². The lowest BCUT2D eigenvalue weighted by atomic mass is 10.2. The molecule has 1 aromatic rings. The minimum Gasteiger partial charge on any atom is -0.369 e. The van der Waals surface area contributed by atoms with Gasteiger partial charge in [0.1, 0.15) is 0 Å². The molecule has 18 heavy (non-hydrogen) atoms. The zero-order valence-electron chi connectivity index (χ0n) is 10.9. The largest absolute Gasteiger partial charge is 0.369 e. The minimum atomic E-state index is 0.524. The van der Waals surface area contributed by atoms with Crippen molar-refractivity contribution in [1.82, 2.24) is 9.88 Å². The van der Waals surface area contributed by atoms with Crippen LogP contribution < -0.4 is 10.6 Å². The van der Waals surface area contributed by atoms with Crippen LogP contribution in [0.2, 0.25) is 0 Å². The Labute approximate surface area is 109 Å². The fraction of sp³-hybridized carbons (Fsp3) is 0.643. The molecule has 2 saturated heterocycles. The normalized spacial score (nSPS) is 24.9. The lowest BCUT2D eigenvalue weighted by Crippen LogP contribution is -2.36. The first-order chi connectivity index (χ1) is 8.86. The summed E-state index contributed by atoms with van der Waals surface area (Å²) in [4.78, 5) is 9.55. The molecule has 4 heteroatoms. The van der Waals surface area contributed by atoms with E-state index in [0.29, 0.717) is 6.54 Å². The zero-order valence-corrected chi connectivity index (χ0v) is 10.9. The van der Waals surface area contributed by atoms with Crippen molar-refractivity contribution in [3.63, 3.8) is 0 Å². The first-order valence-corrected chi connectivity index (χ1v) is 7.01. The van der Waals surface area contributed by atoms with E-state index in [2.05, 4.69) is 20.9 Å². The molecule has 0 aliphatic carbocycles. The van der Waals surface area contributed by atoms with E-state index in [0.717, 1.165) is 24.8 Å². The molecule has 0 amide bonds. The van der Waals surface area contributed by atoms with Crippen LogP contribution in [0.25, 0.3) is 0 Å². The highest BCUT2D eigenvalue weighted by Gasteiger charge is 2.28. The van der Waals surface area contributed by atoms with Gasteiger partial charge in [0.2, 0.25) is 0 Å². The Morgan fingerprint density at radius 2 is 2.11 bits per heavy atom. The number of anilines is 1. The van der Waals surface area contributed by atoms with Gasteiger partial charge in [-0.05, 0) is 37.9 Å². The van der Waals surface area contributed by atoms with Crippen LogP contribution in [-0.2, 0) is 6.54 Å². The summed E-state index contributed by atoms with van der Waals surface area (Å²) in [7, 11) is 0. The minimum absolute atomic E-state index is 0.524. The predicted molar refractivity (Wildman–Crippen MR) is 73.6 cm³/mol. The van der Waals surface area contributed by atoms with E-state index in [9.17, 15) is 0 Å². The third-order valence-corrected chi connectivity index (χ3v) is 4.19. The van der Waals surface area contributed by atoms with Crippen molar-refractivity contribution >= 4 is 5.69 Å². The molecule has 2 aliphatic heterocycles. The van der Waals surface area contributed by atoms with Crippen LogP contribution in [0.3, 0.4) is 0 Å². The van der Waals surface area contributed by atoms with Crippen molar-refractivity contribution in [2.45, 2.75) is 31.8 Å². The summed E-state index contributed by atoms with van der Waals surface area (Å²) in [6.45, 7) is 5.38. The molecular formula is C14H22N4. The van der Waals surface area contributed by atoms with Crippen molar-refractivity contribution in [1.29, 1.82) is 0 Å². The van der Waals surface area contributed by atoms with E-state index >= 15 is 0 Å². The van der Waals surface area contributed by atoms with E-state index in [4.69, 9.17) is 5.73 Å². The van der Waals surface area contributed by atoms with Gasteiger partial charge in [0.15, 0.2) is 0 Å². The van der Waals surface area contributed by atoms with Gasteiger partial charge in [0, 0.05) is 32.2 Å². The van der Waals surface area contributed by atoms with Gasteiger partial charge >= 0.3 is 0 Å². The lowest BCUT2D eigenvalue weighted by molar-refractivity contribution is 0.273. The maximum atomic E-state index is 5.59. The SMILES string of the molecule is NCc1ccc(N2CCCN3CCCC3C2)cn1. The standard InChI is InChI=1S/C14H22N4/c15-9-12-4-5-13(10-16-12)18-8-2-7-17-6-1-3-14(17)11-18/h4-5,10,14H,1-3,6-9,11,15H2. The number of hydrogen-bond donors (Lipinski definition) is 1. The highest BCUT2D eigenvalue weighted by atomic mass is 15.3. The summed E-state index contributed by atoms with van der Waals surface area (Å²) in [5.41, 5.74) is 7.81. The first-order valence-electron chi connectivity index (χ1n) is 7.01. The van der Waals surface area contributed by atoms with Crippen LogP contribution in [0.1, 0.15) is 25.0 Å². The van der Waals surface area contributed by atoms with Crippen LogP contribution >= 0.6 is 0 Å². The average molecular weight is 246 g/mol. The summed E-state index contributed by atoms with van der Waals surface area (Å²) in [6, 6.07) is 4.97. The number of aromatic nitrogens is 1. The molecule has 0 bridgehead atoms. The lowest BCUT2D eigenvalue weighted by Gasteiger charge is -2.27. The Bertz CT molecular complexity index is 389. The van der Waals surface area contributed by atoms with Gasteiger partial charge in [0.05, 0.1) is 17.6 Å². The number of fused-ring (bicyclic) bond motifs is 1. The smallest absolute Gasteiger partial charge is 0.0553 e. The van der Waals surface area contributed by atoms with E-state index in [1.807, 2.05) is 12.3 Å². The Morgan fingerprint density at radius 3 is 2.89 bits per heavy atom. The van der Waals surface area contributed by atoms with Crippen LogP contribution in [0.5, 0.6) is 0 Å². The Hall–Kier alpha value is -1.13. The molecule has 3 heterocycles. The van der Waals surface area contributed by atoms with Gasteiger partial charge in [-0.2, -0.15) is 0 Å². The third-order valence-electron chi connectivity index (χ3n) is 4.19. The van der Waals surface area contributed by atoms with Crippen molar-refractivity contribution < 1.29 is 0 Å². The Morgan fingerprint density at radius 1 is 1.22 bits per heavy atom. The molecule has 0 spiro atoms. The van der Waals surface area contributed by atoms with Gasteiger partial charge < -0.3 is 10.6 Å². The molecule has 2 N–H and O–H groups in total. The highest BCUT2D eigenvalue weighted by Crippen LogP contribution is 2.24. The number of nitrogens with two attached hydrogens (primary N) is 1. The maximum absolute atomic E-state index is 5.59. The molecule has 2 fully saturated rings. The number of hydrogen-bond acceptors (Lipinski definition) is 4. The third kappa shape index (κ3) is 2.35. The van der Waals surface area contributed by atoms with Crippen molar-refractivity contribution in [3.05, 3.63) is 24.0 Å². The Kier molecular flexibility index (Phi) is 3.48. The van der Waals surface area contributed by atoms with E-state index in [1.165, 1.54) is 38.0 Å². The molecule has 2 aliphatic rings. The molecular weight excluding hydrogens is 224 g/mol. The first kappa shape index (κ1) is 11.9. The monoisotopic (exact) mass is 246 g/mol. The van der Waals surface area contributed by atoms with E-state index in [1.54, 1.807) is 0 Å². The van der Waals surface area contributed by atoms with Crippen molar-refractivity contribution in [2.24, 2.45) is 5.73 Å². The number of rotatable bonds is 2. The van der Waals surface area contributed by atoms with Crippen molar-refractivity contribution in [3.8, 4) is 0 Å². The second kappa shape index (κ2) is 5.24. The van der Waals surface area contributed by atoms with Gasteiger partial charge in [0.25, 0.3) is 0 Å². The van der Waals surface area contributed by atoms with Gasteiger partial charge in [-0.1, -0.05) is 0 Å². The average Bonchev–Trinajstić information content (AvgIpc) is 2.76. The van der Waals surface area contributed by atoms with Gasteiger partial charge in [-0.3, -0.25) is 9.88 Å². The number of nitrogens with zero attached hydrogens (tertiary/aromatic N) is 3. The summed E-state index contributed by atoms with van der Waals surface area (Å²) < 4.78 is 0. The second-order valence-electron chi connectivity index (χ2n) is 5.34. The Balaban J connectivity index is 1.74. The molecule has 1 atom stereocenters. The molecule has 1 unspecified atom stereocenters. The molecule has 1 aromatic heterocycles. The highest BCUT2D eigenvalue weighted by molar-refractivity contribution is 5.45. The summed E-state index contributed by atoms with van der Waals surface area (Å²) in [6.07, 6.45) is 5.95. The predicted octanol–water partition coefficient (Wildman–Crippen LogP) is 1.21. The molecule has 98 valence electrons. The van der Waals surface area contributed by atoms with Gasteiger partial charge in [-0.15, -0.1) is 0 Å². The summed E-state index contributed by atoms with van der Waals surface area (Å²) in [5, 5.41) is 0. The topological polar surface area (TPSA) is 45.4 Å². The second-order valence-corrected chi connectivity index (χ2v) is 5.34. The molecule has 4 nitrogen and oxygen atoms in total. The summed E-state index contributed by atoms with van der Waals surface area (Å²) >= 11 is 0.